The third-order valence-corrected chi connectivity index (χ3v) is 8.89. The number of aryl methyl sites for hydroxylation is 2. The molecule has 312 valence electrons. The number of anilines is 1. The summed E-state index contributed by atoms with van der Waals surface area (Å²) in [5, 5.41) is 21.5. The molecule has 0 aliphatic heterocycles. The highest BCUT2D eigenvalue weighted by Crippen LogP contribution is 2.28. The molecule has 0 aliphatic carbocycles. The SMILES string of the molecule is C[n+]1cc2cc(OCC(O/N=C(\C(=O)O)c3csc(NC(=O)OC(C)(C)C)n3)C(=O)OC(c3ccccc3)c3ccccc3)ccc2n1CCCNC(=O)OC(C)(C)C. The minimum absolute atomic E-state index is 0.0612. The van der Waals surface area contributed by atoms with E-state index in [1.54, 1.807) is 53.7 Å². The third kappa shape index (κ3) is 13.0. The van der Waals surface area contributed by atoms with Crippen LogP contribution in [0.1, 0.15) is 70.9 Å². The number of carboxylic acids is 1. The Morgan fingerprint density at radius 3 is 2.14 bits per heavy atom. The molecule has 16 nitrogen and oxygen atoms in total. The molecule has 0 bridgehead atoms. The third-order valence-electron chi connectivity index (χ3n) is 8.13. The second kappa shape index (κ2) is 19.3. The smallest absolute Gasteiger partial charge is 0.413 e. The molecule has 3 aromatic carbocycles. The highest BCUT2D eigenvalue weighted by molar-refractivity contribution is 7.14. The molecule has 0 radical (unpaired) electrons. The first-order chi connectivity index (χ1) is 28.0. The van der Waals surface area contributed by atoms with Gasteiger partial charge in [0.25, 0.3) is 6.10 Å². The molecular formula is C42H49N6O10S+. The Balaban J connectivity index is 1.36. The Morgan fingerprint density at radius 2 is 1.53 bits per heavy atom. The monoisotopic (exact) mass is 829 g/mol. The summed E-state index contributed by atoms with van der Waals surface area (Å²) in [6.45, 7) is 11.1. The molecule has 1 unspecified atom stereocenters. The summed E-state index contributed by atoms with van der Waals surface area (Å²) < 4.78 is 26.7. The predicted molar refractivity (Wildman–Crippen MR) is 219 cm³/mol. The van der Waals surface area contributed by atoms with Gasteiger partial charge in [0.1, 0.15) is 34.8 Å². The molecule has 3 N–H and O–H groups in total. The van der Waals surface area contributed by atoms with Crippen LogP contribution in [0, 0.1) is 0 Å². The van der Waals surface area contributed by atoms with E-state index in [-0.39, 0.29) is 10.8 Å². The van der Waals surface area contributed by atoms with Crippen LogP contribution in [0.3, 0.4) is 0 Å². The number of amides is 2. The first-order valence-corrected chi connectivity index (χ1v) is 19.7. The van der Waals surface area contributed by atoms with Gasteiger partial charge < -0.3 is 34.2 Å². The molecule has 0 aliphatic rings. The summed E-state index contributed by atoms with van der Waals surface area (Å²) in [6, 6.07) is 23.7. The summed E-state index contributed by atoms with van der Waals surface area (Å²) >= 11 is 0.949. The van der Waals surface area contributed by atoms with Gasteiger partial charge in [-0.25, -0.2) is 24.2 Å². The molecule has 2 aromatic heterocycles. The molecule has 0 saturated carbocycles. The van der Waals surface area contributed by atoms with Gasteiger partial charge in [-0.3, -0.25) is 5.32 Å². The fraction of sp³-hybridized carbons (Fsp3) is 0.357. The molecule has 5 rings (SSSR count). The number of ether oxygens (including phenoxy) is 4. The lowest BCUT2D eigenvalue weighted by molar-refractivity contribution is -0.751. The van der Waals surface area contributed by atoms with Crippen molar-refractivity contribution in [3.8, 4) is 5.75 Å². The molecule has 0 saturated heterocycles. The van der Waals surface area contributed by atoms with Gasteiger partial charge >= 0.3 is 24.1 Å². The largest absolute Gasteiger partial charge is 0.489 e. The molecule has 5 aromatic rings. The number of oxime groups is 1. The Morgan fingerprint density at radius 1 is 0.898 bits per heavy atom. The predicted octanol–water partition coefficient (Wildman–Crippen LogP) is 6.77. The number of carboxylic acid groups (broad SMARTS) is 1. The van der Waals surface area contributed by atoms with Gasteiger partial charge in [-0.1, -0.05) is 65.8 Å². The zero-order chi connectivity index (χ0) is 42.7. The van der Waals surface area contributed by atoms with Crippen LogP contribution in [0.2, 0.25) is 0 Å². The number of rotatable bonds is 16. The van der Waals surface area contributed by atoms with Crippen molar-refractivity contribution in [3.05, 3.63) is 107 Å². The van der Waals surface area contributed by atoms with Crippen molar-refractivity contribution >= 4 is 57.2 Å². The van der Waals surface area contributed by atoms with Gasteiger partial charge in [0.2, 0.25) is 11.9 Å². The van der Waals surface area contributed by atoms with Crippen LogP contribution in [0.25, 0.3) is 10.9 Å². The molecule has 2 heterocycles. The van der Waals surface area contributed by atoms with Gasteiger partial charge in [-0.05, 0) is 77.3 Å². The quantitative estimate of drug-likeness (QED) is 0.0237. The second-order valence-corrected chi connectivity index (χ2v) is 16.1. The fourth-order valence-corrected chi connectivity index (χ4v) is 6.33. The number of thiazole rings is 1. The van der Waals surface area contributed by atoms with Crippen molar-refractivity contribution < 1.29 is 52.8 Å². The van der Waals surface area contributed by atoms with Gasteiger partial charge in [0.05, 0.1) is 11.9 Å². The number of fused-ring (bicyclic) bond motifs is 1. The van der Waals surface area contributed by atoms with Crippen LogP contribution >= 0.6 is 11.3 Å². The summed E-state index contributed by atoms with van der Waals surface area (Å²) in [5.74, 6) is -1.98. The van der Waals surface area contributed by atoms with Crippen molar-refractivity contribution in [3.63, 3.8) is 0 Å². The minimum Gasteiger partial charge on any atom is -0.489 e. The maximum Gasteiger partial charge on any atom is 0.413 e. The molecule has 1 atom stereocenters. The summed E-state index contributed by atoms with van der Waals surface area (Å²) in [4.78, 5) is 60.6. The van der Waals surface area contributed by atoms with Crippen LogP contribution in [-0.4, -0.2) is 75.1 Å². The van der Waals surface area contributed by atoms with Gasteiger partial charge in [-0.2, -0.15) is 4.68 Å². The Bertz CT molecular complexity index is 2220. The number of hydrogen-bond acceptors (Lipinski definition) is 12. The average Bonchev–Trinajstić information content (AvgIpc) is 3.75. The molecule has 0 spiro atoms. The zero-order valence-electron chi connectivity index (χ0n) is 34.0. The maximum absolute atomic E-state index is 14.0. The molecular weight excluding hydrogens is 781 g/mol. The number of nitrogens with one attached hydrogen (secondary N) is 2. The van der Waals surface area contributed by atoms with Gasteiger partial charge in [-0.15, -0.1) is 16.0 Å². The second-order valence-electron chi connectivity index (χ2n) is 15.3. The van der Waals surface area contributed by atoms with Crippen LogP contribution in [0.4, 0.5) is 14.7 Å². The molecule has 17 heteroatoms. The maximum atomic E-state index is 14.0. The van der Waals surface area contributed by atoms with E-state index >= 15 is 0 Å². The van der Waals surface area contributed by atoms with Crippen LogP contribution in [0.5, 0.6) is 5.75 Å². The van der Waals surface area contributed by atoms with Crippen LogP contribution in [0.15, 0.2) is 95.6 Å². The van der Waals surface area contributed by atoms with E-state index in [1.165, 1.54) is 5.38 Å². The zero-order valence-corrected chi connectivity index (χ0v) is 34.8. The van der Waals surface area contributed by atoms with Crippen molar-refractivity contribution in [1.29, 1.82) is 0 Å². The fourth-order valence-electron chi connectivity index (χ4n) is 5.65. The van der Waals surface area contributed by atoms with Crippen molar-refractivity contribution in [2.45, 2.75) is 77.9 Å². The normalized spacial score (nSPS) is 12.4. The van der Waals surface area contributed by atoms with Crippen molar-refractivity contribution in [2.24, 2.45) is 12.2 Å². The number of benzene rings is 3. The summed E-state index contributed by atoms with van der Waals surface area (Å²) in [5.41, 5.74) is 0.172. The molecule has 0 fully saturated rings. The van der Waals surface area contributed by atoms with Gasteiger partial charge in [0.15, 0.2) is 18.3 Å². The number of carbonyl (C=O) groups is 4. The first-order valence-electron chi connectivity index (χ1n) is 18.8. The highest BCUT2D eigenvalue weighted by Gasteiger charge is 2.30. The number of esters is 1. The number of aromatic nitrogens is 3. The van der Waals surface area contributed by atoms with Crippen LogP contribution in [-0.2, 0) is 42.2 Å². The van der Waals surface area contributed by atoms with E-state index in [9.17, 15) is 24.3 Å². The first kappa shape index (κ1) is 43.6. The lowest BCUT2D eigenvalue weighted by Gasteiger charge is -2.22. The highest BCUT2D eigenvalue weighted by atomic mass is 32.1. The molecule has 2 amide bonds. The molecule has 59 heavy (non-hydrogen) atoms. The van der Waals surface area contributed by atoms with E-state index in [1.807, 2.05) is 89.3 Å². The number of hydrogen-bond donors (Lipinski definition) is 3. The van der Waals surface area contributed by atoms with E-state index in [0.717, 1.165) is 22.2 Å². The minimum atomic E-state index is -1.55. The Hall–Kier alpha value is -6.49. The lowest BCUT2D eigenvalue weighted by atomic mass is 10.0. The number of carbonyl (C=O) groups excluding carboxylic acids is 3. The van der Waals surface area contributed by atoms with E-state index in [2.05, 4.69) is 20.8 Å². The number of nitrogens with zero attached hydrogens (tertiary/aromatic N) is 4. The Labute approximate surface area is 345 Å². The van der Waals surface area contributed by atoms with E-state index in [0.29, 0.717) is 36.4 Å². The van der Waals surface area contributed by atoms with Gasteiger partial charge in [0, 0.05) is 11.9 Å². The summed E-state index contributed by atoms with van der Waals surface area (Å²) in [7, 11) is 1.90. The van der Waals surface area contributed by atoms with Crippen LogP contribution < -0.4 is 20.1 Å². The number of aliphatic carboxylic acids is 1. The number of alkyl carbamates (subject to hydrolysis) is 1. The van der Waals surface area contributed by atoms with E-state index < -0.39 is 59.9 Å². The standard InChI is InChI=1S/C42H48N6O10S/c1-41(2,3)56-39(52)43-21-14-22-48-32-20-19-30(23-29(32)24-47(48)7)54-25-33(37(51)55-35(27-15-10-8-11-16-27)28-17-12-9-13-18-28)58-46-34(36(49)50)31-26-59-38(44-31)45-40(53)57-42(4,5)6/h8-13,15-20,23-24,26,33,35H,14,21-22,25H2,1-7H3,(H2-,43,44,45,49,50,52,53)/p+1/b46-34-. The topological polar surface area (TPSA) is 193 Å². The Kier molecular flexibility index (Phi) is 14.3. The van der Waals surface area contributed by atoms with Crippen molar-refractivity contribution in [2.75, 3.05) is 18.5 Å². The van der Waals surface area contributed by atoms with E-state index in [4.69, 9.17) is 23.8 Å². The lowest BCUT2D eigenvalue weighted by Crippen LogP contribution is -2.39. The average molecular weight is 830 g/mol. The van der Waals surface area contributed by atoms with Crippen molar-refractivity contribution in [1.82, 2.24) is 15.0 Å². The summed E-state index contributed by atoms with van der Waals surface area (Å²) in [6.07, 6.45) is -1.08.